The highest BCUT2D eigenvalue weighted by Gasteiger charge is 2.26. The fourth-order valence-electron chi connectivity index (χ4n) is 2.77. The third kappa shape index (κ3) is 4.99. The molecule has 29 heavy (non-hydrogen) atoms. The smallest absolute Gasteiger partial charge is 0.271 e. The standard InChI is InChI=1S/C19H19ClFN3O4S/c1-13(17-12-15(20)5-6-18(17)21)22-23-19(25)14-3-2-4-16(11-14)29(26,27)24-7-9-28-10-8-24/h2-6,11-12H,7-10H2,1H3,(H,23,25)/b22-13-. The fourth-order valence-corrected chi connectivity index (χ4v) is 4.39. The quantitative estimate of drug-likeness (QED) is 0.573. The molecule has 0 unspecified atom stereocenters. The predicted octanol–water partition coefficient (Wildman–Crippen LogP) is 2.65. The molecular weight excluding hydrogens is 421 g/mol. The SMILES string of the molecule is C/C(=N/NC(=O)c1cccc(S(=O)(=O)N2CCOCC2)c1)c1cc(Cl)ccc1F. The van der Waals surface area contributed by atoms with Crippen molar-refractivity contribution in [2.75, 3.05) is 26.3 Å². The van der Waals surface area contributed by atoms with Gasteiger partial charge in [-0.25, -0.2) is 18.2 Å². The van der Waals surface area contributed by atoms with Crippen molar-refractivity contribution < 1.29 is 22.3 Å². The molecule has 154 valence electrons. The van der Waals surface area contributed by atoms with Crippen LogP contribution in [0.1, 0.15) is 22.8 Å². The average Bonchev–Trinajstić information content (AvgIpc) is 2.74. The Morgan fingerprint density at radius 2 is 1.93 bits per heavy atom. The van der Waals surface area contributed by atoms with E-state index in [-0.39, 0.29) is 34.8 Å². The summed E-state index contributed by atoms with van der Waals surface area (Å²) in [7, 11) is -3.73. The number of hydrogen-bond acceptors (Lipinski definition) is 5. The van der Waals surface area contributed by atoms with Gasteiger partial charge < -0.3 is 4.74 Å². The van der Waals surface area contributed by atoms with E-state index in [0.717, 1.165) is 0 Å². The Kier molecular flexibility index (Phi) is 6.63. The summed E-state index contributed by atoms with van der Waals surface area (Å²) in [5, 5.41) is 4.23. The van der Waals surface area contributed by atoms with Crippen LogP contribution in [0.15, 0.2) is 52.5 Å². The Hall–Kier alpha value is -2.33. The van der Waals surface area contributed by atoms with E-state index >= 15 is 0 Å². The highest BCUT2D eigenvalue weighted by atomic mass is 35.5. The van der Waals surface area contributed by atoms with Crippen LogP contribution in [0.2, 0.25) is 5.02 Å². The van der Waals surface area contributed by atoms with E-state index in [9.17, 15) is 17.6 Å². The number of ether oxygens (including phenoxy) is 1. The number of nitrogens with one attached hydrogen (secondary N) is 1. The lowest BCUT2D eigenvalue weighted by atomic mass is 10.1. The summed E-state index contributed by atoms with van der Waals surface area (Å²) in [5.74, 6) is -1.14. The lowest BCUT2D eigenvalue weighted by Crippen LogP contribution is -2.40. The molecule has 1 aliphatic rings. The number of amides is 1. The van der Waals surface area contributed by atoms with Gasteiger partial charge in [0.25, 0.3) is 5.91 Å². The molecule has 0 radical (unpaired) electrons. The van der Waals surface area contributed by atoms with Crippen molar-refractivity contribution in [2.24, 2.45) is 5.10 Å². The van der Waals surface area contributed by atoms with Gasteiger partial charge in [-0.2, -0.15) is 9.41 Å². The van der Waals surface area contributed by atoms with Crippen molar-refractivity contribution in [3.05, 3.63) is 64.4 Å². The zero-order chi connectivity index (χ0) is 21.0. The molecule has 7 nitrogen and oxygen atoms in total. The van der Waals surface area contributed by atoms with Crippen molar-refractivity contribution >= 4 is 33.2 Å². The summed E-state index contributed by atoms with van der Waals surface area (Å²) in [6.07, 6.45) is 0. The first-order chi connectivity index (χ1) is 13.8. The topological polar surface area (TPSA) is 88.1 Å². The summed E-state index contributed by atoms with van der Waals surface area (Å²) in [4.78, 5) is 12.4. The minimum atomic E-state index is -3.73. The van der Waals surface area contributed by atoms with Crippen LogP contribution in [0.3, 0.4) is 0 Å². The van der Waals surface area contributed by atoms with Crippen molar-refractivity contribution in [1.82, 2.24) is 9.73 Å². The zero-order valence-corrected chi connectivity index (χ0v) is 17.1. The van der Waals surface area contributed by atoms with Gasteiger partial charge in [-0.3, -0.25) is 4.79 Å². The molecule has 1 fully saturated rings. The Morgan fingerprint density at radius 1 is 1.21 bits per heavy atom. The van der Waals surface area contributed by atoms with E-state index in [0.29, 0.717) is 18.2 Å². The second-order valence-electron chi connectivity index (χ2n) is 6.31. The molecule has 2 aromatic rings. The molecule has 1 N–H and O–H groups in total. The van der Waals surface area contributed by atoms with Crippen LogP contribution in [0.5, 0.6) is 0 Å². The Balaban J connectivity index is 1.78. The van der Waals surface area contributed by atoms with Gasteiger partial charge in [0.1, 0.15) is 5.82 Å². The number of benzene rings is 2. The lowest BCUT2D eigenvalue weighted by molar-refractivity contribution is 0.0730. The molecule has 1 amide bonds. The number of hydrazone groups is 1. The fraction of sp³-hybridized carbons (Fsp3) is 0.263. The highest BCUT2D eigenvalue weighted by molar-refractivity contribution is 7.89. The predicted molar refractivity (Wildman–Crippen MR) is 107 cm³/mol. The molecule has 0 saturated carbocycles. The van der Waals surface area contributed by atoms with Crippen LogP contribution in [-0.2, 0) is 14.8 Å². The minimum Gasteiger partial charge on any atom is -0.379 e. The molecule has 0 aliphatic carbocycles. The van der Waals surface area contributed by atoms with E-state index in [2.05, 4.69) is 10.5 Å². The van der Waals surface area contributed by atoms with Crippen LogP contribution in [0.4, 0.5) is 4.39 Å². The molecule has 2 aromatic carbocycles. The third-order valence-electron chi connectivity index (χ3n) is 4.35. The second-order valence-corrected chi connectivity index (χ2v) is 8.68. The number of nitrogens with zero attached hydrogens (tertiary/aromatic N) is 2. The number of rotatable bonds is 5. The Bertz CT molecular complexity index is 1050. The molecule has 3 rings (SSSR count). The van der Waals surface area contributed by atoms with Gasteiger partial charge in [-0.1, -0.05) is 17.7 Å². The van der Waals surface area contributed by atoms with Crippen molar-refractivity contribution in [1.29, 1.82) is 0 Å². The molecule has 10 heteroatoms. The number of carbonyl (C=O) groups excluding carboxylic acids is 1. The van der Waals surface area contributed by atoms with E-state index in [1.165, 1.54) is 53.7 Å². The summed E-state index contributed by atoms with van der Waals surface area (Å²) in [6, 6.07) is 9.68. The van der Waals surface area contributed by atoms with Crippen LogP contribution >= 0.6 is 11.6 Å². The summed E-state index contributed by atoms with van der Waals surface area (Å²) >= 11 is 5.87. The van der Waals surface area contributed by atoms with Gasteiger partial charge in [0.2, 0.25) is 10.0 Å². The second kappa shape index (κ2) is 9.00. The summed E-state index contributed by atoms with van der Waals surface area (Å²) in [6.45, 7) is 2.69. The third-order valence-corrected chi connectivity index (χ3v) is 6.48. The average molecular weight is 440 g/mol. The zero-order valence-electron chi connectivity index (χ0n) is 15.6. The van der Waals surface area contributed by atoms with Gasteiger partial charge in [0, 0.05) is 29.2 Å². The van der Waals surface area contributed by atoms with Crippen LogP contribution in [-0.4, -0.2) is 50.6 Å². The molecule has 0 bridgehead atoms. The molecule has 1 saturated heterocycles. The number of halogens is 2. The van der Waals surface area contributed by atoms with Gasteiger partial charge in [0.15, 0.2) is 0 Å². The van der Waals surface area contributed by atoms with E-state index < -0.39 is 21.7 Å². The minimum absolute atomic E-state index is 0.00800. The van der Waals surface area contributed by atoms with E-state index in [1.807, 2.05) is 0 Å². The first kappa shape index (κ1) is 21.4. The lowest BCUT2D eigenvalue weighted by Gasteiger charge is -2.26. The van der Waals surface area contributed by atoms with Crippen LogP contribution < -0.4 is 5.43 Å². The largest absolute Gasteiger partial charge is 0.379 e. The summed E-state index contributed by atoms with van der Waals surface area (Å²) < 4.78 is 45.9. The van der Waals surface area contributed by atoms with Gasteiger partial charge in [-0.15, -0.1) is 0 Å². The van der Waals surface area contributed by atoms with Crippen molar-refractivity contribution in [3.8, 4) is 0 Å². The van der Waals surface area contributed by atoms with E-state index in [4.69, 9.17) is 16.3 Å². The monoisotopic (exact) mass is 439 g/mol. The molecular formula is C19H19ClFN3O4S. The highest BCUT2D eigenvalue weighted by Crippen LogP contribution is 2.19. The van der Waals surface area contributed by atoms with Gasteiger partial charge in [0.05, 0.1) is 23.8 Å². The number of sulfonamides is 1. The molecule has 0 spiro atoms. The normalized spacial score (nSPS) is 15.9. The van der Waals surface area contributed by atoms with Crippen LogP contribution in [0.25, 0.3) is 0 Å². The van der Waals surface area contributed by atoms with Crippen LogP contribution in [0, 0.1) is 5.82 Å². The summed E-state index contributed by atoms with van der Waals surface area (Å²) in [5.41, 5.74) is 2.80. The molecule has 1 aliphatic heterocycles. The number of morpholine rings is 1. The number of hydrogen-bond donors (Lipinski definition) is 1. The Morgan fingerprint density at radius 3 is 2.66 bits per heavy atom. The first-order valence-corrected chi connectivity index (χ1v) is 10.6. The molecule has 0 atom stereocenters. The molecule has 1 heterocycles. The van der Waals surface area contributed by atoms with Gasteiger partial charge in [-0.05, 0) is 43.3 Å². The van der Waals surface area contributed by atoms with Gasteiger partial charge >= 0.3 is 0 Å². The van der Waals surface area contributed by atoms with Crippen molar-refractivity contribution in [3.63, 3.8) is 0 Å². The Labute approximate surface area is 173 Å². The first-order valence-electron chi connectivity index (χ1n) is 8.77. The maximum atomic E-state index is 13.9. The maximum Gasteiger partial charge on any atom is 0.271 e. The number of carbonyl (C=O) groups is 1. The maximum absolute atomic E-state index is 13.9. The van der Waals surface area contributed by atoms with Crippen molar-refractivity contribution in [2.45, 2.75) is 11.8 Å². The van der Waals surface area contributed by atoms with E-state index in [1.54, 1.807) is 0 Å². The molecule has 0 aromatic heterocycles.